The van der Waals surface area contributed by atoms with Crippen molar-refractivity contribution >= 4 is 5.91 Å². The number of hydrogen-bond donors (Lipinski definition) is 1. The smallest absolute Gasteiger partial charge is 0.392 e. The highest BCUT2D eigenvalue weighted by molar-refractivity contribution is 5.94. The lowest BCUT2D eigenvalue weighted by atomic mass is 10.1. The van der Waals surface area contributed by atoms with Crippen molar-refractivity contribution in [3.8, 4) is 0 Å². The number of carbonyl (C=O) groups is 1. The first-order valence-electron chi connectivity index (χ1n) is 8.21. The zero-order chi connectivity index (χ0) is 17.3. The number of carbonyl (C=O) groups excluding carboxylic acids is 1. The van der Waals surface area contributed by atoms with E-state index in [1.807, 2.05) is 0 Å². The largest absolute Gasteiger partial charge is 0.416 e. The van der Waals surface area contributed by atoms with Crippen molar-refractivity contribution in [3.05, 3.63) is 35.4 Å². The van der Waals surface area contributed by atoms with Gasteiger partial charge in [0.25, 0.3) is 5.91 Å². The van der Waals surface area contributed by atoms with Gasteiger partial charge in [-0.3, -0.25) is 9.69 Å². The standard InChI is InChI=1S/C17H21F3N2O2/c18-17(19,20)14-3-1-2-13(10-14)16(24)22-8-6-21(7-9-22)11-15(23)12-4-5-12/h1-3,10,12,15,23H,4-9,11H2/t15-/m1/s1. The SMILES string of the molecule is O=C(c1cccc(C(F)(F)F)c1)N1CCN(C[C@@H](O)C2CC2)CC1. The summed E-state index contributed by atoms with van der Waals surface area (Å²) in [6.45, 7) is 2.80. The summed E-state index contributed by atoms with van der Waals surface area (Å²) in [7, 11) is 0. The molecule has 1 N–H and O–H groups in total. The first-order chi connectivity index (χ1) is 11.3. The van der Waals surface area contributed by atoms with Crippen molar-refractivity contribution in [3.63, 3.8) is 0 Å². The van der Waals surface area contributed by atoms with Crippen LogP contribution in [-0.4, -0.2) is 59.6 Å². The van der Waals surface area contributed by atoms with Gasteiger partial charge in [0.05, 0.1) is 11.7 Å². The maximum atomic E-state index is 12.8. The van der Waals surface area contributed by atoms with Gasteiger partial charge < -0.3 is 10.0 Å². The van der Waals surface area contributed by atoms with Crippen LogP contribution in [0.3, 0.4) is 0 Å². The summed E-state index contributed by atoms with van der Waals surface area (Å²) in [5.41, 5.74) is -0.740. The third-order valence-electron chi connectivity index (χ3n) is 4.71. The highest BCUT2D eigenvalue weighted by atomic mass is 19.4. The van der Waals surface area contributed by atoms with Crippen LogP contribution < -0.4 is 0 Å². The van der Waals surface area contributed by atoms with Crippen LogP contribution in [0.25, 0.3) is 0 Å². The van der Waals surface area contributed by atoms with Crippen LogP contribution in [0.5, 0.6) is 0 Å². The van der Waals surface area contributed by atoms with Crippen molar-refractivity contribution in [1.82, 2.24) is 9.80 Å². The Hall–Kier alpha value is -1.60. The second kappa shape index (κ2) is 6.72. The number of amides is 1. The fourth-order valence-electron chi connectivity index (χ4n) is 3.04. The summed E-state index contributed by atoms with van der Waals surface area (Å²) in [5.74, 6) is 0.0401. The molecule has 1 saturated carbocycles. The molecule has 3 rings (SSSR count). The molecular formula is C17H21F3N2O2. The van der Waals surface area contributed by atoms with E-state index in [1.54, 1.807) is 4.90 Å². The van der Waals surface area contributed by atoms with E-state index in [4.69, 9.17) is 0 Å². The average Bonchev–Trinajstić information content (AvgIpc) is 3.39. The molecular weight excluding hydrogens is 321 g/mol. The van der Waals surface area contributed by atoms with E-state index >= 15 is 0 Å². The molecule has 1 aromatic rings. The maximum absolute atomic E-state index is 12.8. The van der Waals surface area contributed by atoms with Crippen molar-refractivity contribution in [2.75, 3.05) is 32.7 Å². The van der Waals surface area contributed by atoms with Gasteiger partial charge in [0.15, 0.2) is 0 Å². The normalized spacial score (nSPS) is 20.9. The number of halogens is 3. The Morgan fingerprint density at radius 2 is 1.88 bits per heavy atom. The van der Waals surface area contributed by atoms with Crippen molar-refractivity contribution < 1.29 is 23.1 Å². The molecule has 24 heavy (non-hydrogen) atoms. The number of β-amino-alcohol motifs (C(OH)–C–C–N with tert-alkyl or cyclic N) is 1. The van der Waals surface area contributed by atoms with E-state index in [2.05, 4.69) is 4.90 Å². The van der Waals surface area contributed by atoms with Crippen LogP contribution in [-0.2, 0) is 6.18 Å². The minimum absolute atomic E-state index is 0.0660. The van der Waals surface area contributed by atoms with E-state index in [9.17, 15) is 23.1 Å². The van der Waals surface area contributed by atoms with Crippen LogP contribution in [0.15, 0.2) is 24.3 Å². The molecule has 0 spiro atoms. The van der Waals surface area contributed by atoms with Crippen molar-refractivity contribution in [2.24, 2.45) is 5.92 Å². The monoisotopic (exact) mass is 342 g/mol. The molecule has 0 aromatic heterocycles. The predicted octanol–water partition coefficient (Wildman–Crippen LogP) is 2.23. The molecule has 4 nitrogen and oxygen atoms in total. The molecule has 2 fully saturated rings. The number of hydrogen-bond acceptors (Lipinski definition) is 3. The highest BCUT2D eigenvalue weighted by Crippen LogP contribution is 2.33. The van der Waals surface area contributed by atoms with Gasteiger partial charge in [-0.1, -0.05) is 6.07 Å². The van der Waals surface area contributed by atoms with E-state index in [-0.39, 0.29) is 17.6 Å². The second-order valence-corrected chi connectivity index (χ2v) is 6.58. The van der Waals surface area contributed by atoms with Gasteiger partial charge in [0.1, 0.15) is 0 Å². The molecule has 132 valence electrons. The number of aliphatic hydroxyl groups excluding tert-OH is 1. The zero-order valence-corrected chi connectivity index (χ0v) is 13.3. The summed E-state index contributed by atoms with van der Waals surface area (Å²) >= 11 is 0. The molecule has 1 amide bonds. The van der Waals surface area contributed by atoms with Gasteiger partial charge >= 0.3 is 6.18 Å². The van der Waals surface area contributed by atoms with Gasteiger partial charge in [0, 0.05) is 38.3 Å². The summed E-state index contributed by atoms with van der Waals surface area (Å²) in [6.07, 6.45) is -2.60. The van der Waals surface area contributed by atoms with Gasteiger partial charge in [-0.15, -0.1) is 0 Å². The number of piperazine rings is 1. The lowest BCUT2D eigenvalue weighted by molar-refractivity contribution is -0.137. The Bertz CT molecular complexity index is 594. The third-order valence-corrected chi connectivity index (χ3v) is 4.71. The van der Waals surface area contributed by atoms with Crippen molar-refractivity contribution in [1.29, 1.82) is 0 Å². The minimum atomic E-state index is -4.45. The van der Waals surface area contributed by atoms with E-state index < -0.39 is 11.7 Å². The van der Waals surface area contributed by atoms with Gasteiger partial charge in [-0.2, -0.15) is 13.2 Å². The number of alkyl halides is 3. The molecule has 1 aliphatic heterocycles. The van der Waals surface area contributed by atoms with Crippen LogP contribution >= 0.6 is 0 Å². The quantitative estimate of drug-likeness (QED) is 0.913. The Morgan fingerprint density at radius 1 is 1.21 bits per heavy atom. The first-order valence-corrected chi connectivity index (χ1v) is 8.21. The summed E-state index contributed by atoms with van der Waals surface area (Å²) in [6, 6.07) is 4.55. The molecule has 1 aromatic carbocycles. The fourth-order valence-corrected chi connectivity index (χ4v) is 3.04. The lowest BCUT2D eigenvalue weighted by Gasteiger charge is -2.35. The summed E-state index contributed by atoms with van der Waals surface area (Å²) in [5, 5.41) is 9.97. The predicted molar refractivity (Wildman–Crippen MR) is 82.5 cm³/mol. The molecule has 1 aliphatic carbocycles. The van der Waals surface area contributed by atoms with Gasteiger partial charge in [0.2, 0.25) is 0 Å². The number of rotatable bonds is 4. The molecule has 1 atom stereocenters. The molecule has 2 aliphatic rings. The molecule has 7 heteroatoms. The summed E-state index contributed by atoms with van der Waals surface area (Å²) in [4.78, 5) is 16.1. The highest BCUT2D eigenvalue weighted by Gasteiger charge is 2.33. The van der Waals surface area contributed by atoms with Gasteiger partial charge in [-0.25, -0.2) is 0 Å². The van der Waals surface area contributed by atoms with Crippen LogP contribution in [0.4, 0.5) is 13.2 Å². The zero-order valence-electron chi connectivity index (χ0n) is 13.3. The Kier molecular flexibility index (Phi) is 4.83. The number of aliphatic hydroxyl groups is 1. The van der Waals surface area contributed by atoms with Crippen LogP contribution in [0, 0.1) is 5.92 Å². The van der Waals surface area contributed by atoms with Crippen LogP contribution in [0.1, 0.15) is 28.8 Å². The maximum Gasteiger partial charge on any atom is 0.416 e. The minimum Gasteiger partial charge on any atom is -0.392 e. The topological polar surface area (TPSA) is 43.8 Å². The van der Waals surface area contributed by atoms with E-state index in [1.165, 1.54) is 12.1 Å². The number of nitrogens with zero attached hydrogens (tertiary/aromatic N) is 2. The Labute approximate surface area is 138 Å². The Morgan fingerprint density at radius 3 is 2.46 bits per heavy atom. The molecule has 1 heterocycles. The van der Waals surface area contributed by atoms with Gasteiger partial charge in [-0.05, 0) is 37.0 Å². The average molecular weight is 342 g/mol. The number of benzene rings is 1. The van der Waals surface area contributed by atoms with Crippen LogP contribution in [0.2, 0.25) is 0 Å². The molecule has 1 saturated heterocycles. The third kappa shape index (κ3) is 4.08. The second-order valence-electron chi connectivity index (χ2n) is 6.58. The molecule has 0 radical (unpaired) electrons. The molecule has 0 unspecified atom stereocenters. The Balaban J connectivity index is 1.57. The molecule has 0 bridgehead atoms. The summed E-state index contributed by atoms with van der Waals surface area (Å²) < 4.78 is 38.3. The van der Waals surface area contributed by atoms with Crippen molar-refractivity contribution in [2.45, 2.75) is 25.1 Å². The lowest BCUT2D eigenvalue weighted by Crippen LogP contribution is -2.50. The first kappa shape index (κ1) is 17.2. The fraction of sp³-hybridized carbons (Fsp3) is 0.588. The van der Waals surface area contributed by atoms with E-state index in [0.717, 1.165) is 25.0 Å². The van der Waals surface area contributed by atoms with E-state index in [0.29, 0.717) is 38.6 Å².